The van der Waals surface area contributed by atoms with Gasteiger partial charge in [0.25, 0.3) is 5.91 Å². The molecule has 0 saturated heterocycles. The Hall–Kier alpha value is -3.42. The smallest absolute Gasteiger partial charge is 0.274 e. The van der Waals surface area contributed by atoms with E-state index in [4.69, 9.17) is 4.74 Å². The van der Waals surface area contributed by atoms with Crippen molar-refractivity contribution in [2.45, 2.75) is 59.7 Å². The van der Waals surface area contributed by atoms with E-state index >= 15 is 0 Å². The average Bonchev–Trinajstić information content (AvgIpc) is 3.19. The highest BCUT2D eigenvalue weighted by atomic mass is 16.5. The molecule has 0 aliphatic rings. The standard InChI is InChI=1S/C23H30N6O2/c1-14(2)26-23(30)22-20(9-10-24-28-22)27-19-8-7-17(11-21(19)31-16(5)6)18-12-25-29(13-18)15(3)4/h7-16H,1-6H3,(H,24,27)(H,26,30). The number of hydrogen-bond acceptors (Lipinski definition) is 6. The Bertz CT molecular complexity index is 1040. The first kappa shape index (κ1) is 22.3. The van der Waals surface area contributed by atoms with E-state index in [0.29, 0.717) is 11.4 Å². The molecular formula is C23H30N6O2. The maximum Gasteiger partial charge on any atom is 0.274 e. The van der Waals surface area contributed by atoms with Crippen LogP contribution in [0.25, 0.3) is 11.1 Å². The zero-order valence-electron chi connectivity index (χ0n) is 18.9. The molecule has 0 aliphatic heterocycles. The van der Waals surface area contributed by atoms with Crippen molar-refractivity contribution in [2.24, 2.45) is 0 Å². The van der Waals surface area contributed by atoms with Gasteiger partial charge in [-0.1, -0.05) is 6.07 Å². The van der Waals surface area contributed by atoms with Crippen LogP contribution in [-0.4, -0.2) is 38.0 Å². The molecule has 2 N–H and O–H groups in total. The normalized spacial score (nSPS) is 11.3. The molecule has 3 aromatic rings. The van der Waals surface area contributed by atoms with Crippen LogP contribution in [0.5, 0.6) is 5.75 Å². The van der Waals surface area contributed by atoms with Crippen LogP contribution in [0.15, 0.2) is 42.9 Å². The third kappa shape index (κ3) is 5.59. The lowest BCUT2D eigenvalue weighted by atomic mass is 10.1. The monoisotopic (exact) mass is 422 g/mol. The van der Waals surface area contributed by atoms with Crippen LogP contribution in [-0.2, 0) is 0 Å². The van der Waals surface area contributed by atoms with Crippen molar-refractivity contribution >= 4 is 17.3 Å². The zero-order valence-corrected chi connectivity index (χ0v) is 18.9. The van der Waals surface area contributed by atoms with Crippen molar-refractivity contribution in [3.05, 3.63) is 48.5 Å². The first-order valence-electron chi connectivity index (χ1n) is 10.5. The van der Waals surface area contributed by atoms with E-state index in [9.17, 15) is 4.79 Å². The van der Waals surface area contributed by atoms with Gasteiger partial charge in [0, 0.05) is 23.8 Å². The summed E-state index contributed by atoms with van der Waals surface area (Å²) in [5.74, 6) is 0.395. The van der Waals surface area contributed by atoms with Crippen molar-refractivity contribution in [1.29, 1.82) is 0 Å². The summed E-state index contributed by atoms with van der Waals surface area (Å²) in [6.45, 7) is 11.9. The van der Waals surface area contributed by atoms with Gasteiger partial charge in [-0.05, 0) is 65.3 Å². The van der Waals surface area contributed by atoms with Gasteiger partial charge in [-0.3, -0.25) is 9.48 Å². The van der Waals surface area contributed by atoms with E-state index in [1.807, 2.05) is 63.0 Å². The lowest BCUT2D eigenvalue weighted by Crippen LogP contribution is -2.31. The number of anilines is 2. The van der Waals surface area contributed by atoms with Gasteiger partial charge in [0.15, 0.2) is 5.69 Å². The lowest BCUT2D eigenvalue weighted by Gasteiger charge is -2.18. The van der Waals surface area contributed by atoms with Crippen LogP contribution >= 0.6 is 0 Å². The number of hydrogen-bond donors (Lipinski definition) is 2. The second-order valence-electron chi connectivity index (χ2n) is 8.23. The lowest BCUT2D eigenvalue weighted by molar-refractivity contribution is 0.0938. The summed E-state index contributed by atoms with van der Waals surface area (Å²) in [6, 6.07) is 7.92. The molecule has 0 radical (unpaired) electrons. The van der Waals surface area contributed by atoms with Gasteiger partial charge in [-0.25, -0.2) is 0 Å². The molecule has 0 aliphatic carbocycles. The van der Waals surface area contributed by atoms with Crippen molar-refractivity contribution in [2.75, 3.05) is 5.32 Å². The van der Waals surface area contributed by atoms with Crippen molar-refractivity contribution in [1.82, 2.24) is 25.3 Å². The van der Waals surface area contributed by atoms with E-state index < -0.39 is 0 Å². The first-order chi connectivity index (χ1) is 14.7. The number of amides is 1. The maximum atomic E-state index is 12.5. The molecule has 1 aromatic carbocycles. The fourth-order valence-corrected chi connectivity index (χ4v) is 3.00. The summed E-state index contributed by atoms with van der Waals surface area (Å²) >= 11 is 0. The van der Waals surface area contributed by atoms with Crippen LogP contribution in [0, 0.1) is 0 Å². The molecule has 0 atom stereocenters. The predicted octanol–water partition coefficient (Wildman–Crippen LogP) is 4.59. The highest BCUT2D eigenvalue weighted by Crippen LogP contribution is 2.34. The van der Waals surface area contributed by atoms with Gasteiger partial charge >= 0.3 is 0 Å². The summed E-state index contributed by atoms with van der Waals surface area (Å²) in [5.41, 5.74) is 3.53. The third-order valence-corrected chi connectivity index (χ3v) is 4.43. The van der Waals surface area contributed by atoms with Crippen molar-refractivity contribution in [3.63, 3.8) is 0 Å². The van der Waals surface area contributed by atoms with Crippen LogP contribution in [0.2, 0.25) is 0 Å². The highest BCUT2D eigenvalue weighted by Gasteiger charge is 2.17. The van der Waals surface area contributed by atoms with Crippen LogP contribution in [0.3, 0.4) is 0 Å². The summed E-state index contributed by atoms with van der Waals surface area (Å²) in [6.07, 6.45) is 5.40. The summed E-state index contributed by atoms with van der Waals surface area (Å²) < 4.78 is 8.00. The number of nitrogens with one attached hydrogen (secondary N) is 2. The quantitative estimate of drug-likeness (QED) is 0.551. The molecule has 8 nitrogen and oxygen atoms in total. The molecular weight excluding hydrogens is 392 g/mol. The van der Waals surface area contributed by atoms with Crippen LogP contribution < -0.4 is 15.4 Å². The Morgan fingerprint density at radius 1 is 1.03 bits per heavy atom. The average molecular weight is 423 g/mol. The van der Waals surface area contributed by atoms with E-state index in [1.165, 1.54) is 0 Å². The molecule has 2 aromatic heterocycles. The molecule has 8 heteroatoms. The molecule has 31 heavy (non-hydrogen) atoms. The molecule has 3 rings (SSSR count). The highest BCUT2D eigenvalue weighted by molar-refractivity contribution is 5.98. The molecule has 0 unspecified atom stereocenters. The number of carbonyl (C=O) groups is 1. The van der Waals surface area contributed by atoms with Gasteiger partial charge in [-0.15, -0.1) is 5.10 Å². The second-order valence-corrected chi connectivity index (χ2v) is 8.23. The Kier molecular flexibility index (Phi) is 6.89. The minimum atomic E-state index is -0.283. The zero-order chi connectivity index (χ0) is 22.5. The van der Waals surface area contributed by atoms with E-state index in [0.717, 1.165) is 16.8 Å². The Morgan fingerprint density at radius 2 is 1.81 bits per heavy atom. The molecule has 0 fully saturated rings. The first-order valence-corrected chi connectivity index (χ1v) is 10.5. The minimum absolute atomic E-state index is 0.00627. The van der Waals surface area contributed by atoms with Crippen molar-refractivity contribution in [3.8, 4) is 16.9 Å². The number of benzene rings is 1. The Labute approximate surface area is 183 Å². The minimum Gasteiger partial charge on any atom is -0.489 e. The van der Waals surface area contributed by atoms with E-state index in [-0.39, 0.29) is 29.8 Å². The van der Waals surface area contributed by atoms with Gasteiger partial charge in [0.05, 0.1) is 29.9 Å². The summed E-state index contributed by atoms with van der Waals surface area (Å²) in [5, 5.41) is 18.5. The molecule has 0 saturated carbocycles. The number of aromatic nitrogens is 4. The predicted molar refractivity (Wildman–Crippen MR) is 122 cm³/mol. The Balaban J connectivity index is 1.95. The van der Waals surface area contributed by atoms with E-state index in [1.54, 1.807) is 12.3 Å². The number of carbonyl (C=O) groups excluding carboxylic acids is 1. The SMILES string of the molecule is CC(C)NC(=O)c1nnccc1Nc1ccc(-c2cnn(C(C)C)c2)cc1OC(C)C. The summed E-state index contributed by atoms with van der Waals surface area (Å²) in [4.78, 5) is 12.5. The molecule has 2 heterocycles. The summed E-state index contributed by atoms with van der Waals surface area (Å²) in [7, 11) is 0. The fraction of sp³-hybridized carbons (Fsp3) is 0.391. The Morgan fingerprint density at radius 3 is 2.45 bits per heavy atom. The van der Waals surface area contributed by atoms with Gasteiger partial charge in [-0.2, -0.15) is 10.2 Å². The number of nitrogens with zero attached hydrogens (tertiary/aromatic N) is 4. The second kappa shape index (κ2) is 9.59. The van der Waals surface area contributed by atoms with Crippen molar-refractivity contribution < 1.29 is 9.53 Å². The van der Waals surface area contributed by atoms with Crippen LogP contribution in [0.4, 0.5) is 11.4 Å². The largest absolute Gasteiger partial charge is 0.489 e. The van der Waals surface area contributed by atoms with Gasteiger partial charge in [0.1, 0.15) is 5.75 Å². The maximum absolute atomic E-state index is 12.5. The number of rotatable bonds is 8. The van der Waals surface area contributed by atoms with E-state index in [2.05, 4.69) is 39.8 Å². The van der Waals surface area contributed by atoms with Gasteiger partial charge < -0.3 is 15.4 Å². The van der Waals surface area contributed by atoms with Gasteiger partial charge in [0.2, 0.25) is 0 Å². The topological polar surface area (TPSA) is 94.0 Å². The van der Waals surface area contributed by atoms with Crippen LogP contribution in [0.1, 0.15) is 58.1 Å². The molecule has 164 valence electrons. The fourth-order valence-electron chi connectivity index (χ4n) is 3.00. The molecule has 0 bridgehead atoms. The third-order valence-electron chi connectivity index (χ3n) is 4.43. The molecule has 1 amide bonds. The number of ether oxygens (including phenoxy) is 1. The molecule has 0 spiro atoms.